The molecule has 0 fully saturated rings. The van der Waals surface area contributed by atoms with Gasteiger partial charge in [-0.15, -0.1) is 0 Å². The highest BCUT2D eigenvalue weighted by Gasteiger charge is 2.06. The molecule has 0 rings (SSSR count). The van der Waals surface area contributed by atoms with Crippen LogP contribution in [-0.2, 0) is 23.9 Å². The van der Waals surface area contributed by atoms with Crippen LogP contribution in [0, 0.1) is 0 Å². The maximum Gasteiger partial charge on any atom is 0.312 e. The molecule has 21 heavy (non-hydrogen) atoms. The quantitative estimate of drug-likeness (QED) is 0.228. The van der Waals surface area contributed by atoms with Gasteiger partial charge in [0, 0.05) is 19.6 Å². The minimum atomic E-state index is -1.19. The van der Waals surface area contributed by atoms with Crippen molar-refractivity contribution in [2.24, 2.45) is 0 Å². The Kier molecular flexibility index (Phi) is 12.2. The molecule has 0 saturated heterocycles. The SMILES string of the molecule is CNCCOCCNC(=O)COCCNC(=O)CC(=O)O. The zero-order valence-corrected chi connectivity index (χ0v) is 12.1. The van der Waals surface area contributed by atoms with Crippen molar-refractivity contribution in [3.63, 3.8) is 0 Å². The van der Waals surface area contributed by atoms with Crippen LogP contribution in [0.4, 0.5) is 0 Å². The van der Waals surface area contributed by atoms with E-state index in [0.717, 1.165) is 6.54 Å². The first-order chi connectivity index (χ1) is 10.1. The summed E-state index contributed by atoms with van der Waals surface area (Å²) in [5, 5.41) is 16.2. The molecule has 2 amide bonds. The van der Waals surface area contributed by atoms with Gasteiger partial charge in [-0.05, 0) is 7.05 Å². The summed E-state index contributed by atoms with van der Waals surface area (Å²) in [5.74, 6) is -2.05. The van der Waals surface area contributed by atoms with E-state index in [9.17, 15) is 14.4 Å². The van der Waals surface area contributed by atoms with Crippen LogP contribution in [0.3, 0.4) is 0 Å². The maximum atomic E-state index is 11.3. The summed E-state index contributed by atoms with van der Waals surface area (Å²) in [4.78, 5) is 32.5. The summed E-state index contributed by atoms with van der Waals surface area (Å²) in [7, 11) is 1.83. The lowest BCUT2D eigenvalue weighted by Gasteiger charge is -2.07. The third-order valence-corrected chi connectivity index (χ3v) is 2.18. The van der Waals surface area contributed by atoms with Gasteiger partial charge in [-0.25, -0.2) is 0 Å². The lowest BCUT2D eigenvalue weighted by molar-refractivity contribution is -0.140. The standard InChI is InChI=1S/C12H23N3O6/c1-13-2-5-20-6-3-15-11(17)9-21-7-4-14-10(16)8-12(18)19/h13H,2-9H2,1H3,(H,14,16)(H,15,17)(H,18,19). The average Bonchev–Trinajstić information content (AvgIpc) is 2.41. The van der Waals surface area contributed by atoms with Crippen molar-refractivity contribution in [3.05, 3.63) is 0 Å². The fraction of sp³-hybridized carbons (Fsp3) is 0.750. The zero-order valence-electron chi connectivity index (χ0n) is 12.1. The van der Waals surface area contributed by atoms with Gasteiger partial charge in [0.2, 0.25) is 11.8 Å². The van der Waals surface area contributed by atoms with Crippen molar-refractivity contribution in [1.29, 1.82) is 0 Å². The average molecular weight is 305 g/mol. The lowest BCUT2D eigenvalue weighted by Crippen LogP contribution is -2.33. The van der Waals surface area contributed by atoms with Gasteiger partial charge in [-0.1, -0.05) is 0 Å². The number of amides is 2. The van der Waals surface area contributed by atoms with Crippen molar-refractivity contribution >= 4 is 17.8 Å². The highest BCUT2D eigenvalue weighted by atomic mass is 16.5. The van der Waals surface area contributed by atoms with E-state index in [1.807, 2.05) is 7.05 Å². The molecule has 0 aromatic rings. The van der Waals surface area contributed by atoms with Gasteiger partial charge in [-0.2, -0.15) is 0 Å². The Morgan fingerprint density at radius 3 is 2.10 bits per heavy atom. The number of carbonyl (C=O) groups excluding carboxylic acids is 2. The summed E-state index contributed by atoms with van der Waals surface area (Å²) in [5.41, 5.74) is 0. The lowest BCUT2D eigenvalue weighted by atomic mass is 10.4. The molecule has 4 N–H and O–H groups in total. The molecule has 0 saturated carbocycles. The number of rotatable bonds is 13. The first-order valence-electron chi connectivity index (χ1n) is 6.61. The van der Waals surface area contributed by atoms with E-state index in [4.69, 9.17) is 14.6 Å². The molecule has 0 spiro atoms. The molecule has 0 heterocycles. The van der Waals surface area contributed by atoms with Gasteiger partial charge < -0.3 is 30.5 Å². The first-order valence-corrected chi connectivity index (χ1v) is 6.61. The van der Waals surface area contributed by atoms with Gasteiger partial charge in [0.15, 0.2) is 0 Å². The van der Waals surface area contributed by atoms with Crippen LogP contribution in [0.1, 0.15) is 6.42 Å². The molecule has 0 aliphatic heterocycles. The Morgan fingerprint density at radius 1 is 0.905 bits per heavy atom. The third-order valence-electron chi connectivity index (χ3n) is 2.18. The number of carbonyl (C=O) groups is 3. The minimum absolute atomic E-state index is 0.120. The predicted octanol–water partition coefficient (Wildman–Crippen LogP) is -2.05. The Hall–Kier alpha value is -1.71. The normalized spacial score (nSPS) is 10.1. The monoisotopic (exact) mass is 305 g/mol. The summed E-state index contributed by atoms with van der Waals surface area (Å²) >= 11 is 0. The van der Waals surface area contributed by atoms with Crippen LogP contribution in [0.2, 0.25) is 0 Å². The van der Waals surface area contributed by atoms with E-state index in [2.05, 4.69) is 16.0 Å². The van der Waals surface area contributed by atoms with Crippen LogP contribution >= 0.6 is 0 Å². The predicted molar refractivity (Wildman–Crippen MR) is 73.8 cm³/mol. The maximum absolute atomic E-state index is 11.3. The highest BCUT2D eigenvalue weighted by molar-refractivity contribution is 5.93. The van der Waals surface area contributed by atoms with Crippen LogP contribution < -0.4 is 16.0 Å². The van der Waals surface area contributed by atoms with E-state index >= 15 is 0 Å². The molecule has 0 aliphatic rings. The van der Waals surface area contributed by atoms with Gasteiger partial charge in [0.1, 0.15) is 13.0 Å². The summed E-state index contributed by atoms with van der Waals surface area (Å²) in [6.07, 6.45) is -0.575. The molecule has 9 heteroatoms. The molecule has 0 atom stereocenters. The number of nitrogens with one attached hydrogen (secondary N) is 3. The molecule has 0 unspecified atom stereocenters. The van der Waals surface area contributed by atoms with Gasteiger partial charge >= 0.3 is 5.97 Å². The number of hydrogen-bond donors (Lipinski definition) is 4. The number of likely N-dealkylation sites (N-methyl/N-ethyl adjacent to an activating group) is 1. The van der Waals surface area contributed by atoms with Gasteiger partial charge in [0.05, 0.1) is 19.8 Å². The van der Waals surface area contributed by atoms with Crippen LogP contribution in [-0.4, -0.2) is 76.0 Å². The van der Waals surface area contributed by atoms with E-state index < -0.39 is 18.3 Å². The van der Waals surface area contributed by atoms with Gasteiger partial charge in [-0.3, -0.25) is 14.4 Å². The van der Waals surface area contributed by atoms with E-state index in [1.54, 1.807) is 0 Å². The van der Waals surface area contributed by atoms with Crippen molar-refractivity contribution in [2.45, 2.75) is 6.42 Å². The summed E-state index contributed by atoms with van der Waals surface area (Å²) in [6.45, 7) is 2.35. The second-order valence-corrected chi connectivity index (χ2v) is 4.04. The molecule has 0 radical (unpaired) electrons. The van der Waals surface area contributed by atoms with E-state index in [-0.39, 0.29) is 25.7 Å². The fourth-order valence-corrected chi connectivity index (χ4v) is 1.22. The van der Waals surface area contributed by atoms with Crippen LogP contribution in [0.15, 0.2) is 0 Å². The fourth-order valence-electron chi connectivity index (χ4n) is 1.22. The van der Waals surface area contributed by atoms with Crippen LogP contribution in [0.5, 0.6) is 0 Å². The summed E-state index contributed by atoms with van der Waals surface area (Å²) < 4.78 is 10.2. The van der Waals surface area contributed by atoms with Crippen molar-refractivity contribution in [2.75, 3.05) is 53.1 Å². The zero-order chi connectivity index (χ0) is 15.9. The number of carboxylic acids is 1. The molecule has 0 aromatic heterocycles. The summed E-state index contributed by atoms with van der Waals surface area (Å²) in [6, 6.07) is 0. The topological polar surface area (TPSA) is 126 Å². The van der Waals surface area contributed by atoms with Crippen LogP contribution in [0.25, 0.3) is 0 Å². The number of carboxylic acid groups (broad SMARTS) is 1. The van der Waals surface area contributed by atoms with E-state index in [0.29, 0.717) is 19.8 Å². The van der Waals surface area contributed by atoms with Crippen molar-refractivity contribution < 1.29 is 29.0 Å². The molecule has 0 aromatic carbocycles. The largest absolute Gasteiger partial charge is 0.481 e. The molecule has 9 nitrogen and oxygen atoms in total. The Morgan fingerprint density at radius 2 is 1.48 bits per heavy atom. The first kappa shape index (κ1) is 19.3. The minimum Gasteiger partial charge on any atom is -0.481 e. The number of aliphatic carboxylic acids is 1. The molecular formula is C12H23N3O6. The van der Waals surface area contributed by atoms with Crippen molar-refractivity contribution in [1.82, 2.24) is 16.0 Å². The molecular weight excluding hydrogens is 282 g/mol. The van der Waals surface area contributed by atoms with Crippen molar-refractivity contribution in [3.8, 4) is 0 Å². The third kappa shape index (κ3) is 14.5. The highest BCUT2D eigenvalue weighted by Crippen LogP contribution is 1.80. The second-order valence-electron chi connectivity index (χ2n) is 4.04. The van der Waals surface area contributed by atoms with E-state index in [1.165, 1.54) is 0 Å². The molecule has 0 bridgehead atoms. The number of hydrogen-bond acceptors (Lipinski definition) is 6. The second kappa shape index (κ2) is 13.3. The number of ether oxygens (including phenoxy) is 2. The molecule has 0 aliphatic carbocycles. The Labute approximate surface area is 123 Å². The Balaban J connectivity index is 3.34. The molecule has 122 valence electrons. The smallest absolute Gasteiger partial charge is 0.312 e. The Bertz CT molecular complexity index is 324. The van der Waals surface area contributed by atoms with Gasteiger partial charge in [0.25, 0.3) is 0 Å².